The molecule has 0 aliphatic rings. The van der Waals surface area contributed by atoms with E-state index in [2.05, 4.69) is 29.1 Å². The molecule has 6 N–H and O–H groups in total. The van der Waals surface area contributed by atoms with Crippen LogP contribution in [-0.2, 0) is 24.1 Å². The Morgan fingerprint density at radius 2 is 1.76 bits per heavy atom. The van der Waals surface area contributed by atoms with Gasteiger partial charge in [-0.25, -0.2) is 9.78 Å². The summed E-state index contributed by atoms with van der Waals surface area (Å²) in [5.41, 5.74) is 11.1. The maximum Gasteiger partial charge on any atom is 0.326 e. The number of nitrogen functional groups attached to an aromatic ring is 1. The second-order valence-corrected chi connectivity index (χ2v) is 8.76. The highest BCUT2D eigenvalue weighted by molar-refractivity contribution is 7.07. The van der Waals surface area contributed by atoms with Crippen LogP contribution in [0.4, 0.5) is 5.95 Å². The number of aromatic nitrogens is 3. The van der Waals surface area contributed by atoms with Gasteiger partial charge in [0.15, 0.2) is 5.95 Å². The zero-order valence-corrected chi connectivity index (χ0v) is 19.7. The molecule has 1 amide bonds. The number of nitrogens with one attached hydrogen (secondary N) is 3. The van der Waals surface area contributed by atoms with Gasteiger partial charge in [0.2, 0.25) is 0 Å². The predicted molar refractivity (Wildman–Crippen MR) is 134 cm³/mol. The number of rotatable bonds is 8. The topological polar surface area (TPSA) is 137 Å². The average molecular weight is 475 g/mol. The molecule has 0 saturated heterocycles. The first-order valence-corrected chi connectivity index (χ1v) is 11.4. The number of aliphatic carboxylic acids is 1. The van der Waals surface area contributed by atoms with Crippen molar-refractivity contribution in [2.75, 3.05) is 5.73 Å². The van der Waals surface area contributed by atoms with E-state index in [0.29, 0.717) is 16.6 Å². The molecule has 174 valence electrons. The van der Waals surface area contributed by atoms with Gasteiger partial charge in [-0.15, -0.1) is 0 Å². The van der Waals surface area contributed by atoms with Crippen LogP contribution < -0.4 is 11.1 Å². The highest BCUT2D eigenvalue weighted by atomic mass is 31.0. The molecule has 2 aromatic heterocycles. The minimum Gasteiger partial charge on any atom is -0.480 e. The lowest BCUT2D eigenvalue weighted by Crippen LogP contribution is -2.42. The van der Waals surface area contributed by atoms with Gasteiger partial charge in [0.05, 0.1) is 5.07 Å². The number of carbonyl (C=O) groups is 2. The molecule has 8 nitrogen and oxygen atoms in total. The summed E-state index contributed by atoms with van der Waals surface area (Å²) in [6.45, 7) is 1.97. The first kappa shape index (κ1) is 23.3. The normalized spacial score (nSPS) is 11.9. The molecule has 0 radical (unpaired) electrons. The molecule has 0 saturated carbocycles. The van der Waals surface area contributed by atoms with Gasteiger partial charge in [-0.05, 0) is 48.6 Å². The van der Waals surface area contributed by atoms with E-state index in [1.807, 2.05) is 49.5 Å². The van der Waals surface area contributed by atoms with E-state index >= 15 is 0 Å². The molecule has 0 aliphatic carbocycles. The van der Waals surface area contributed by atoms with Gasteiger partial charge in [0.1, 0.15) is 11.7 Å². The van der Waals surface area contributed by atoms with Gasteiger partial charge in [0, 0.05) is 23.6 Å². The third kappa shape index (κ3) is 5.35. The molecule has 0 bridgehead atoms. The standard InChI is InChI=1S/C25H26N5O3P/c1-14-2-4-16(5-3-14)12-19(24(32)33)28-22(31)17-9-6-15(7-10-17)8-11-18-13-27-21-20(18)23(34)30-25(26)29-21/h2-7,9-10,13,19,27,34H,8,11-12H2,1H3,(H,28,31)(H,32,33)(H3,26,29,30). The Hall–Kier alpha value is -3.90. The molecule has 0 spiro atoms. The second-order valence-electron chi connectivity index (χ2n) is 8.29. The minimum absolute atomic E-state index is 0.220. The van der Waals surface area contributed by atoms with Crippen LogP contribution in [0.3, 0.4) is 0 Å². The van der Waals surface area contributed by atoms with Crippen molar-refractivity contribution in [3.8, 4) is 0 Å². The molecule has 34 heavy (non-hydrogen) atoms. The van der Waals surface area contributed by atoms with Crippen molar-refractivity contribution < 1.29 is 14.7 Å². The lowest BCUT2D eigenvalue weighted by atomic mass is 10.0. The Balaban J connectivity index is 1.39. The van der Waals surface area contributed by atoms with Crippen molar-refractivity contribution in [2.24, 2.45) is 0 Å². The van der Waals surface area contributed by atoms with Crippen molar-refractivity contribution in [2.45, 2.75) is 32.2 Å². The van der Waals surface area contributed by atoms with Crippen LogP contribution in [0.5, 0.6) is 0 Å². The number of carbonyl (C=O) groups excluding carboxylic acids is 1. The number of carboxylic acid groups (broad SMARTS) is 1. The first-order valence-electron chi connectivity index (χ1n) is 10.9. The number of carboxylic acids is 1. The summed E-state index contributed by atoms with van der Waals surface area (Å²) in [4.78, 5) is 34.7. The van der Waals surface area contributed by atoms with Crippen LogP contribution in [0, 0.1) is 12.0 Å². The van der Waals surface area contributed by atoms with Crippen LogP contribution in [0.15, 0.2) is 54.7 Å². The smallest absolute Gasteiger partial charge is 0.326 e. The third-order valence-corrected chi connectivity index (χ3v) is 6.11. The minimum atomic E-state index is -1.07. The maximum atomic E-state index is 12.7. The SMILES string of the molecule is Cc1ccc(CC(NC(=O)c2ccc(CCc3c[nH]c4[nH]c(N)nc(=P)c34)cc2)C(=O)O)cc1. The summed E-state index contributed by atoms with van der Waals surface area (Å²) >= 11 is 0. The molecule has 1 atom stereocenters. The molecule has 4 aromatic rings. The number of hydrogen-bond acceptors (Lipinski definition) is 4. The Morgan fingerprint density at radius 1 is 1.09 bits per heavy atom. The fraction of sp³-hybridized carbons (Fsp3) is 0.200. The number of nitrogens with two attached hydrogens (primary N) is 1. The molecule has 0 aliphatic heterocycles. The van der Waals surface area contributed by atoms with Gasteiger partial charge in [-0.2, -0.15) is 0 Å². The Morgan fingerprint density at radius 3 is 2.44 bits per heavy atom. The van der Waals surface area contributed by atoms with Crippen molar-refractivity contribution in [3.05, 3.63) is 87.6 Å². The van der Waals surface area contributed by atoms with E-state index < -0.39 is 17.9 Å². The number of benzene rings is 2. The fourth-order valence-corrected chi connectivity index (χ4v) is 4.27. The van der Waals surface area contributed by atoms with E-state index in [1.165, 1.54) is 0 Å². The largest absolute Gasteiger partial charge is 0.480 e. The number of aryl methyl sites for hydroxylation is 3. The highest BCUT2D eigenvalue weighted by Gasteiger charge is 2.21. The molecule has 1 unspecified atom stereocenters. The monoisotopic (exact) mass is 475 g/mol. The van der Waals surface area contributed by atoms with E-state index in [0.717, 1.165) is 46.1 Å². The van der Waals surface area contributed by atoms with E-state index in [9.17, 15) is 14.7 Å². The predicted octanol–water partition coefficient (Wildman–Crippen LogP) is 3.67. The van der Waals surface area contributed by atoms with Gasteiger partial charge < -0.3 is 26.1 Å². The van der Waals surface area contributed by atoms with E-state index in [4.69, 9.17) is 5.73 Å². The highest BCUT2D eigenvalue weighted by Crippen LogP contribution is 2.20. The number of hydrogen-bond donors (Lipinski definition) is 5. The second kappa shape index (κ2) is 9.93. The lowest BCUT2D eigenvalue weighted by Gasteiger charge is -2.15. The summed E-state index contributed by atoms with van der Waals surface area (Å²) in [7, 11) is 3.52. The third-order valence-electron chi connectivity index (χ3n) is 5.75. The average Bonchev–Trinajstić information content (AvgIpc) is 3.22. The van der Waals surface area contributed by atoms with Crippen molar-refractivity contribution in [1.29, 1.82) is 0 Å². The molecular weight excluding hydrogens is 449 g/mol. The van der Waals surface area contributed by atoms with Crippen molar-refractivity contribution in [3.63, 3.8) is 0 Å². The van der Waals surface area contributed by atoms with Gasteiger partial charge in [-0.1, -0.05) is 50.8 Å². The Bertz CT molecular complexity index is 1390. The van der Waals surface area contributed by atoms with E-state index in [-0.39, 0.29) is 6.42 Å². The summed E-state index contributed by atoms with van der Waals surface area (Å²) in [6, 6.07) is 13.8. The molecule has 9 heteroatoms. The number of aromatic amines is 2. The van der Waals surface area contributed by atoms with Crippen LogP contribution in [0.25, 0.3) is 11.0 Å². The number of fused-ring (bicyclic) bond motifs is 1. The number of amides is 1. The van der Waals surface area contributed by atoms with Gasteiger partial charge in [-0.3, -0.25) is 4.79 Å². The lowest BCUT2D eigenvalue weighted by molar-refractivity contribution is -0.139. The molecule has 4 rings (SSSR count). The summed E-state index contributed by atoms with van der Waals surface area (Å²) in [5, 5.41) is 13.8. The maximum absolute atomic E-state index is 12.7. The Labute approximate surface area is 198 Å². The molecular formula is C25H26N5O3P. The summed E-state index contributed by atoms with van der Waals surface area (Å²) in [5.74, 6) is -1.15. The summed E-state index contributed by atoms with van der Waals surface area (Å²) < 4.78 is 0. The number of H-pyrrole nitrogens is 2. The van der Waals surface area contributed by atoms with Gasteiger partial charge >= 0.3 is 5.97 Å². The zero-order valence-electron chi connectivity index (χ0n) is 18.7. The molecule has 2 aromatic carbocycles. The van der Waals surface area contributed by atoms with Crippen LogP contribution >= 0.6 is 8.86 Å². The van der Waals surface area contributed by atoms with Crippen LogP contribution in [0.2, 0.25) is 0 Å². The van der Waals surface area contributed by atoms with Gasteiger partial charge in [0.25, 0.3) is 5.91 Å². The number of nitrogens with zero attached hydrogens (tertiary/aromatic N) is 1. The van der Waals surface area contributed by atoms with Crippen molar-refractivity contribution >= 4 is 37.7 Å². The van der Waals surface area contributed by atoms with Crippen LogP contribution in [0.1, 0.15) is 32.6 Å². The zero-order chi connectivity index (χ0) is 24.2. The van der Waals surface area contributed by atoms with Crippen molar-refractivity contribution in [1.82, 2.24) is 20.3 Å². The molecule has 2 heterocycles. The first-order chi connectivity index (χ1) is 16.3. The fourth-order valence-electron chi connectivity index (χ4n) is 3.87. The quantitative estimate of drug-likeness (QED) is 0.248. The summed E-state index contributed by atoms with van der Waals surface area (Å²) in [6.07, 6.45) is 3.67. The Kier molecular flexibility index (Phi) is 6.80. The van der Waals surface area contributed by atoms with Crippen LogP contribution in [-0.4, -0.2) is 38.0 Å². The molecule has 0 fully saturated rings. The van der Waals surface area contributed by atoms with E-state index in [1.54, 1.807) is 12.1 Å². The number of anilines is 1.